The number of hydrogen-bond acceptors (Lipinski definition) is 4. The van der Waals surface area contributed by atoms with Crippen LogP contribution in [0, 0.1) is 0 Å². The van der Waals surface area contributed by atoms with Crippen LogP contribution in [-0.2, 0) is 4.43 Å². The van der Waals surface area contributed by atoms with Gasteiger partial charge in [0, 0.05) is 12.3 Å². The van der Waals surface area contributed by atoms with Gasteiger partial charge in [-0.1, -0.05) is 20.8 Å². The van der Waals surface area contributed by atoms with Crippen molar-refractivity contribution < 1.29 is 4.43 Å². The Balaban J connectivity index is 1.68. The molecule has 0 amide bonds. The summed E-state index contributed by atoms with van der Waals surface area (Å²) in [6, 6.07) is 0.368. The summed E-state index contributed by atoms with van der Waals surface area (Å²) >= 11 is 5.95. The number of rotatable bonds is 3. The van der Waals surface area contributed by atoms with Gasteiger partial charge in [-0.25, -0.2) is 9.67 Å². The van der Waals surface area contributed by atoms with Gasteiger partial charge in [0.05, 0.1) is 17.6 Å². The zero-order valence-electron chi connectivity index (χ0n) is 15.2. The first-order valence-electron chi connectivity index (χ1n) is 8.71. The van der Waals surface area contributed by atoms with Crippen LogP contribution >= 0.6 is 11.6 Å². The predicted molar refractivity (Wildman–Crippen MR) is 99.9 cm³/mol. The maximum atomic E-state index is 6.58. The molecule has 1 aliphatic rings. The molecule has 2 aromatic rings. The van der Waals surface area contributed by atoms with Crippen molar-refractivity contribution >= 4 is 31.0 Å². The summed E-state index contributed by atoms with van der Waals surface area (Å²) in [5.41, 5.74) is 0.837. The minimum atomic E-state index is -1.69. The molecule has 1 aliphatic carbocycles. The van der Waals surface area contributed by atoms with Gasteiger partial charge in [-0.05, 0) is 55.4 Å². The van der Waals surface area contributed by atoms with Crippen LogP contribution in [0.3, 0.4) is 0 Å². The second-order valence-electron chi connectivity index (χ2n) is 8.32. The minimum Gasteiger partial charge on any atom is -0.414 e. The van der Waals surface area contributed by atoms with E-state index in [1.54, 1.807) is 6.20 Å². The Hall–Kier alpha value is -0.983. The van der Waals surface area contributed by atoms with Crippen LogP contribution in [0.2, 0.25) is 23.4 Å². The van der Waals surface area contributed by atoms with Crippen LogP contribution in [0.4, 0.5) is 0 Å². The molecule has 0 bridgehead atoms. The molecule has 1 saturated carbocycles. The van der Waals surface area contributed by atoms with Crippen molar-refractivity contribution in [2.75, 3.05) is 0 Å². The van der Waals surface area contributed by atoms with Gasteiger partial charge in [-0.2, -0.15) is 10.1 Å². The predicted octanol–water partition coefficient (Wildman–Crippen LogP) is 4.99. The summed E-state index contributed by atoms with van der Waals surface area (Å²) in [4.78, 5) is 8.38. The van der Waals surface area contributed by atoms with Gasteiger partial charge in [0.15, 0.2) is 14.0 Å². The van der Waals surface area contributed by atoms with E-state index in [-0.39, 0.29) is 10.3 Å². The van der Waals surface area contributed by atoms with E-state index in [0.717, 1.165) is 36.7 Å². The highest BCUT2D eigenvalue weighted by molar-refractivity contribution is 6.74. The van der Waals surface area contributed by atoms with Crippen molar-refractivity contribution in [2.24, 2.45) is 0 Å². The van der Waals surface area contributed by atoms with Crippen LogP contribution in [0.5, 0.6) is 0 Å². The summed E-state index contributed by atoms with van der Waals surface area (Å²) in [6.45, 7) is 11.6. The van der Waals surface area contributed by atoms with Gasteiger partial charge in [0.1, 0.15) is 0 Å². The van der Waals surface area contributed by atoms with Gasteiger partial charge in [0.25, 0.3) is 0 Å². The molecule has 132 valence electrons. The molecule has 0 unspecified atom stereocenters. The number of fused-ring (bicyclic) bond motifs is 1. The van der Waals surface area contributed by atoms with Crippen LogP contribution in [-0.4, -0.2) is 34.2 Å². The van der Waals surface area contributed by atoms with Crippen LogP contribution < -0.4 is 0 Å². The Morgan fingerprint density at radius 1 is 1.17 bits per heavy atom. The summed E-state index contributed by atoms with van der Waals surface area (Å²) in [6.07, 6.45) is 8.23. The topological polar surface area (TPSA) is 52.8 Å². The molecule has 7 heteroatoms. The van der Waals surface area contributed by atoms with Crippen LogP contribution in [0.15, 0.2) is 12.4 Å². The highest BCUT2D eigenvalue weighted by Crippen LogP contribution is 2.40. The van der Waals surface area contributed by atoms with Crippen molar-refractivity contribution in [3.8, 4) is 0 Å². The van der Waals surface area contributed by atoms with Gasteiger partial charge in [-0.3, -0.25) is 0 Å². The molecule has 0 saturated heterocycles. The van der Waals surface area contributed by atoms with Crippen molar-refractivity contribution in [2.45, 2.75) is 76.7 Å². The van der Waals surface area contributed by atoms with Crippen molar-refractivity contribution in [1.29, 1.82) is 0 Å². The summed E-state index contributed by atoms with van der Waals surface area (Å²) in [7, 11) is -1.69. The average molecular weight is 367 g/mol. The Kier molecular flexibility index (Phi) is 4.75. The van der Waals surface area contributed by atoms with E-state index in [1.165, 1.54) is 0 Å². The summed E-state index contributed by atoms with van der Waals surface area (Å²) in [5.74, 6) is 0. The summed E-state index contributed by atoms with van der Waals surface area (Å²) < 4.78 is 8.60. The first-order chi connectivity index (χ1) is 11.2. The van der Waals surface area contributed by atoms with Gasteiger partial charge in [0.2, 0.25) is 5.28 Å². The zero-order valence-corrected chi connectivity index (χ0v) is 17.0. The van der Waals surface area contributed by atoms with E-state index < -0.39 is 8.32 Å². The quantitative estimate of drug-likeness (QED) is 0.567. The second-order valence-corrected chi connectivity index (χ2v) is 13.4. The molecule has 0 aromatic carbocycles. The monoisotopic (exact) mass is 366 g/mol. The molecule has 24 heavy (non-hydrogen) atoms. The zero-order chi connectivity index (χ0) is 17.5. The average Bonchev–Trinajstić information content (AvgIpc) is 2.89. The second kappa shape index (κ2) is 6.39. The molecule has 2 heterocycles. The van der Waals surface area contributed by atoms with E-state index >= 15 is 0 Å². The van der Waals surface area contributed by atoms with Crippen molar-refractivity contribution in [3.63, 3.8) is 0 Å². The Bertz CT molecular complexity index is 717. The SMILES string of the molecule is CC(C)(C)[Si](C)(C)O[C@H]1CC[C@H](n2ncc3cnc(Cl)nc32)CC1. The lowest BCUT2D eigenvalue weighted by atomic mass is 9.93. The lowest BCUT2D eigenvalue weighted by molar-refractivity contribution is 0.116. The molecule has 2 aromatic heterocycles. The van der Waals surface area contributed by atoms with Crippen LogP contribution in [0.25, 0.3) is 11.0 Å². The van der Waals surface area contributed by atoms with E-state index in [9.17, 15) is 0 Å². The standard InChI is InChI=1S/C17H27ClN4OSi/c1-17(2,3)24(4,5)23-14-8-6-13(7-9-14)22-15-12(11-20-22)10-19-16(18)21-15/h10-11,13-14H,6-9H2,1-5H3/t13-,14-. The lowest BCUT2D eigenvalue weighted by Gasteiger charge is -2.41. The molecule has 0 spiro atoms. The highest BCUT2D eigenvalue weighted by atomic mass is 35.5. The molecule has 3 rings (SSSR count). The van der Waals surface area contributed by atoms with Gasteiger partial charge >= 0.3 is 0 Å². The first-order valence-corrected chi connectivity index (χ1v) is 12.0. The fraction of sp³-hybridized carbons (Fsp3) is 0.706. The molecule has 0 aliphatic heterocycles. The third-order valence-electron chi connectivity index (χ3n) is 5.56. The number of nitrogens with zero attached hydrogens (tertiary/aromatic N) is 4. The summed E-state index contributed by atoms with van der Waals surface area (Å²) in [5, 5.41) is 6.00. The highest BCUT2D eigenvalue weighted by Gasteiger charge is 2.40. The Morgan fingerprint density at radius 3 is 2.46 bits per heavy atom. The normalized spacial score (nSPS) is 22.9. The third kappa shape index (κ3) is 3.50. The lowest BCUT2D eigenvalue weighted by Crippen LogP contribution is -2.44. The maximum absolute atomic E-state index is 6.58. The first kappa shape index (κ1) is 17.8. The number of aromatic nitrogens is 4. The Morgan fingerprint density at radius 2 is 1.83 bits per heavy atom. The number of halogens is 1. The van der Waals surface area contributed by atoms with E-state index in [4.69, 9.17) is 16.0 Å². The molecular formula is C17H27ClN4OSi. The van der Waals surface area contributed by atoms with Gasteiger partial charge in [-0.15, -0.1) is 0 Å². The van der Waals surface area contributed by atoms with Crippen molar-refractivity contribution in [1.82, 2.24) is 19.7 Å². The molecule has 1 fully saturated rings. The smallest absolute Gasteiger partial charge is 0.224 e. The fourth-order valence-electron chi connectivity index (χ4n) is 3.08. The number of hydrogen-bond donors (Lipinski definition) is 0. The molecule has 0 N–H and O–H groups in total. The molecule has 0 radical (unpaired) electrons. The maximum Gasteiger partial charge on any atom is 0.224 e. The fourth-order valence-corrected chi connectivity index (χ4v) is 4.63. The van der Waals surface area contributed by atoms with Crippen molar-refractivity contribution in [3.05, 3.63) is 17.7 Å². The van der Waals surface area contributed by atoms with E-state index in [0.29, 0.717) is 12.1 Å². The van der Waals surface area contributed by atoms with E-state index in [1.807, 2.05) is 10.9 Å². The minimum absolute atomic E-state index is 0.260. The Labute approximate surface area is 149 Å². The molecular weight excluding hydrogens is 340 g/mol. The third-order valence-corrected chi connectivity index (χ3v) is 10.3. The molecule has 5 nitrogen and oxygen atoms in total. The molecule has 0 atom stereocenters. The van der Waals surface area contributed by atoms with E-state index in [2.05, 4.69) is 48.9 Å². The largest absolute Gasteiger partial charge is 0.414 e. The van der Waals surface area contributed by atoms with Crippen LogP contribution in [0.1, 0.15) is 52.5 Å². The van der Waals surface area contributed by atoms with Gasteiger partial charge < -0.3 is 4.43 Å².